The molecule has 0 atom stereocenters. The first-order valence-corrected chi connectivity index (χ1v) is 4.93. The first-order chi connectivity index (χ1) is 6.30. The topological polar surface area (TPSA) is 9.72 Å². The molecule has 4 aliphatic heterocycles. The maximum absolute atomic E-state index is 3.87. The first-order valence-electron chi connectivity index (χ1n) is 4.93. The predicted molar refractivity (Wildman–Crippen MR) is 50.0 cm³/mol. The van der Waals surface area contributed by atoms with Gasteiger partial charge in [0, 0.05) is 0 Å². The van der Waals surface area contributed by atoms with Gasteiger partial charge in [-0.25, -0.2) is 14.7 Å². The zero-order valence-electron chi connectivity index (χ0n) is 8.02. The fourth-order valence-corrected chi connectivity index (χ4v) is 3.11. The molecule has 4 rings (SSSR count). The van der Waals surface area contributed by atoms with Gasteiger partial charge >= 0.3 is 0 Å². The van der Waals surface area contributed by atoms with Gasteiger partial charge in [-0.2, -0.15) is 0 Å². The van der Waals surface area contributed by atoms with Crippen molar-refractivity contribution in [2.24, 2.45) is 0 Å². The normalized spacial score (nSPS) is 52.5. The second-order valence-electron chi connectivity index (χ2n) is 4.67. The van der Waals surface area contributed by atoms with Crippen molar-refractivity contribution in [3.8, 4) is 0 Å². The molecule has 4 nitrogen and oxygen atoms in total. The van der Waals surface area contributed by atoms with Gasteiger partial charge in [0.15, 0.2) is 0 Å². The molecule has 4 bridgehead atoms. The molecule has 4 fully saturated rings. The molecular weight excluding hydrogens is 164 g/mol. The molecule has 0 unspecified atom stereocenters. The van der Waals surface area contributed by atoms with E-state index < -0.39 is 0 Å². The molecule has 0 spiro atoms. The summed E-state index contributed by atoms with van der Waals surface area (Å²) in [5, 5.41) is 0. The van der Waals surface area contributed by atoms with Gasteiger partial charge < -0.3 is 0 Å². The van der Waals surface area contributed by atoms with Crippen LogP contribution in [0, 0.1) is 0 Å². The van der Waals surface area contributed by atoms with Crippen LogP contribution in [0.4, 0.5) is 0 Å². The van der Waals surface area contributed by atoms with Crippen molar-refractivity contribution in [3.63, 3.8) is 0 Å². The molecule has 4 aliphatic rings. The van der Waals surface area contributed by atoms with E-state index >= 15 is 0 Å². The van der Waals surface area contributed by atoms with Crippen LogP contribution in [0.1, 0.15) is 0 Å². The Hall–Kier alpha value is -0.420. The third-order valence-electron chi connectivity index (χ3n) is 3.22. The van der Waals surface area contributed by atoms with Crippen molar-refractivity contribution in [1.29, 1.82) is 0 Å². The highest BCUT2D eigenvalue weighted by molar-refractivity contribution is 4.77. The lowest BCUT2D eigenvalue weighted by Gasteiger charge is -2.60. The molecule has 0 amide bonds. The van der Waals surface area contributed by atoms with Crippen molar-refractivity contribution in [1.82, 2.24) is 14.7 Å². The van der Waals surface area contributed by atoms with Crippen molar-refractivity contribution < 1.29 is 4.48 Å². The smallest absolute Gasteiger partial charge is 0.139 e. The van der Waals surface area contributed by atoms with Crippen molar-refractivity contribution in [3.05, 3.63) is 12.7 Å². The Kier molecular flexibility index (Phi) is 1.55. The lowest BCUT2D eigenvalue weighted by atomic mass is 10.3. The quantitative estimate of drug-likeness (QED) is 0.427. The van der Waals surface area contributed by atoms with Gasteiger partial charge in [-0.05, 0) is 6.08 Å². The average Bonchev–Trinajstić information content (AvgIpc) is 2.00. The summed E-state index contributed by atoms with van der Waals surface area (Å²) < 4.78 is 1.18. The number of hydrogen-bond donors (Lipinski definition) is 0. The molecule has 0 aliphatic carbocycles. The maximum atomic E-state index is 3.87. The van der Waals surface area contributed by atoms with Crippen LogP contribution in [-0.4, -0.2) is 65.7 Å². The Morgan fingerprint density at radius 2 is 1.46 bits per heavy atom. The van der Waals surface area contributed by atoms with E-state index in [4.69, 9.17) is 0 Å². The zero-order valence-corrected chi connectivity index (χ0v) is 8.02. The highest BCUT2D eigenvalue weighted by atomic mass is 15.7. The Morgan fingerprint density at radius 1 is 1.00 bits per heavy atom. The average molecular weight is 181 g/mol. The predicted octanol–water partition coefficient (Wildman–Crippen LogP) is -0.319. The number of rotatable bonds is 2. The molecule has 4 heterocycles. The monoisotopic (exact) mass is 181 g/mol. The lowest BCUT2D eigenvalue weighted by Crippen LogP contribution is -2.79. The highest BCUT2D eigenvalue weighted by Gasteiger charge is 2.47. The molecule has 72 valence electrons. The van der Waals surface area contributed by atoms with E-state index in [-0.39, 0.29) is 0 Å². The van der Waals surface area contributed by atoms with E-state index in [9.17, 15) is 0 Å². The van der Waals surface area contributed by atoms with Crippen LogP contribution < -0.4 is 0 Å². The standard InChI is InChI=1S/C9H17N4/c1-2-3-13-7-10-4-11(8-13)6-12(5-10)9-13/h2H,1,3-9H2/q+1. The summed E-state index contributed by atoms with van der Waals surface area (Å²) in [5.41, 5.74) is 0. The Morgan fingerprint density at radius 3 is 1.85 bits per heavy atom. The van der Waals surface area contributed by atoms with E-state index in [1.807, 2.05) is 0 Å². The van der Waals surface area contributed by atoms with Gasteiger partial charge in [-0.15, -0.1) is 0 Å². The second-order valence-corrected chi connectivity index (χ2v) is 4.67. The van der Waals surface area contributed by atoms with E-state index in [1.165, 1.54) is 44.5 Å². The molecule has 4 heteroatoms. The molecule has 0 aromatic rings. The van der Waals surface area contributed by atoms with E-state index in [1.54, 1.807) is 0 Å². The Balaban J connectivity index is 1.87. The molecular formula is C9H17N4+. The third kappa shape index (κ3) is 1.14. The zero-order chi connectivity index (χ0) is 8.89. The molecule has 0 N–H and O–H groups in total. The molecule has 4 saturated heterocycles. The third-order valence-corrected chi connectivity index (χ3v) is 3.22. The van der Waals surface area contributed by atoms with Crippen LogP contribution in [0.25, 0.3) is 0 Å². The van der Waals surface area contributed by atoms with E-state index in [0.717, 1.165) is 6.54 Å². The van der Waals surface area contributed by atoms with Crippen LogP contribution in [-0.2, 0) is 0 Å². The second kappa shape index (κ2) is 2.54. The summed E-state index contributed by atoms with van der Waals surface area (Å²) in [5.74, 6) is 0. The van der Waals surface area contributed by atoms with Crippen LogP contribution in [0.15, 0.2) is 12.7 Å². The molecule has 0 saturated carbocycles. The summed E-state index contributed by atoms with van der Waals surface area (Å²) in [6.07, 6.45) is 2.07. The van der Waals surface area contributed by atoms with Crippen LogP contribution in [0.2, 0.25) is 0 Å². The maximum Gasteiger partial charge on any atom is 0.139 e. The van der Waals surface area contributed by atoms with E-state index in [0.29, 0.717) is 0 Å². The fraction of sp³-hybridized carbons (Fsp3) is 0.778. The number of hydrogen-bond acceptors (Lipinski definition) is 3. The number of nitrogens with zero attached hydrogens (tertiary/aromatic N) is 4. The van der Waals surface area contributed by atoms with Gasteiger partial charge in [0.05, 0.1) is 20.0 Å². The fourth-order valence-electron chi connectivity index (χ4n) is 3.11. The molecule has 13 heavy (non-hydrogen) atoms. The summed E-state index contributed by atoms with van der Waals surface area (Å²) in [4.78, 5) is 7.58. The highest BCUT2D eigenvalue weighted by Crippen LogP contribution is 2.27. The summed E-state index contributed by atoms with van der Waals surface area (Å²) in [6.45, 7) is 12.2. The summed E-state index contributed by atoms with van der Waals surface area (Å²) >= 11 is 0. The Labute approximate surface area is 79.2 Å². The van der Waals surface area contributed by atoms with Crippen LogP contribution in [0.3, 0.4) is 0 Å². The van der Waals surface area contributed by atoms with Crippen molar-refractivity contribution in [2.45, 2.75) is 0 Å². The van der Waals surface area contributed by atoms with Gasteiger partial charge in [0.25, 0.3) is 0 Å². The first kappa shape index (κ1) is 7.94. The minimum absolute atomic E-state index is 1.11. The van der Waals surface area contributed by atoms with Gasteiger partial charge in [-0.1, -0.05) is 6.58 Å². The Bertz CT molecular complexity index is 202. The van der Waals surface area contributed by atoms with Gasteiger partial charge in [0.1, 0.15) is 26.6 Å². The SMILES string of the molecule is C=CC[N+]12CN3CN(CN(C3)C1)C2. The minimum Gasteiger partial charge on any atom is -0.283 e. The van der Waals surface area contributed by atoms with Crippen LogP contribution in [0.5, 0.6) is 0 Å². The molecule has 0 radical (unpaired) electrons. The van der Waals surface area contributed by atoms with Gasteiger partial charge in [-0.3, -0.25) is 4.48 Å². The minimum atomic E-state index is 1.11. The van der Waals surface area contributed by atoms with E-state index in [2.05, 4.69) is 27.4 Å². The molecule has 0 aromatic heterocycles. The number of quaternary nitrogens is 1. The summed E-state index contributed by atoms with van der Waals surface area (Å²) in [7, 11) is 0. The lowest BCUT2D eigenvalue weighted by molar-refractivity contribution is -0.975. The van der Waals surface area contributed by atoms with Crippen molar-refractivity contribution >= 4 is 0 Å². The van der Waals surface area contributed by atoms with Crippen molar-refractivity contribution in [2.75, 3.05) is 46.6 Å². The van der Waals surface area contributed by atoms with Crippen LogP contribution >= 0.6 is 0 Å². The summed E-state index contributed by atoms with van der Waals surface area (Å²) in [6, 6.07) is 0. The largest absolute Gasteiger partial charge is 0.283 e. The van der Waals surface area contributed by atoms with Gasteiger partial charge in [0.2, 0.25) is 0 Å². The molecule has 0 aromatic carbocycles.